The maximum Gasteiger partial charge on any atom is 0.174 e. The predicted molar refractivity (Wildman–Crippen MR) is 111 cm³/mol. The molecule has 0 aliphatic rings. The second-order valence-electron chi connectivity index (χ2n) is 7.40. The molecule has 3 nitrogen and oxygen atoms in total. The molecule has 142 valence electrons. The highest BCUT2D eigenvalue weighted by atomic mass is 16.3. The second kappa shape index (κ2) is 9.75. The van der Waals surface area contributed by atoms with E-state index in [4.69, 9.17) is 0 Å². The third kappa shape index (κ3) is 5.58. The van der Waals surface area contributed by atoms with Gasteiger partial charge in [0.1, 0.15) is 6.54 Å². The first-order chi connectivity index (χ1) is 12.5. The zero-order chi connectivity index (χ0) is 19.0. The van der Waals surface area contributed by atoms with Crippen molar-refractivity contribution in [1.82, 2.24) is 0 Å². The first-order valence-electron chi connectivity index (χ1n) is 9.89. The third-order valence-electron chi connectivity index (χ3n) is 5.63. The van der Waals surface area contributed by atoms with Gasteiger partial charge in [-0.1, -0.05) is 48.5 Å². The summed E-state index contributed by atoms with van der Waals surface area (Å²) in [5.41, 5.74) is 4.82. The Morgan fingerprint density at radius 3 is 2.12 bits per heavy atom. The maximum absolute atomic E-state index is 10.7. The second-order valence-corrected chi connectivity index (χ2v) is 7.40. The number of anilines is 1. The van der Waals surface area contributed by atoms with E-state index in [2.05, 4.69) is 81.5 Å². The fraction of sp³-hybridized carbons (Fsp3) is 0.478. The monoisotopic (exact) mass is 355 g/mol. The van der Waals surface area contributed by atoms with Crippen LogP contribution in [-0.4, -0.2) is 42.0 Å². The number of benzene rings is 2. The molecule has 0 heterocycles. The van der Waals surface area contributed by atoms with Crippen LogP contribution in [0, 0.1) is 13.8 Å². The average Bonchev–Trinajstić information content (AvgIpc) is 2.65. The molecular formula is C23H35N2O+. The number of aliphatic hydroxyl groups excluding tert-OH is 1. The van der Waals surface area contributed by atoms with E-state index < -0.39 is 6.23 Å². The molecule has 3 heteroatoms. The van der Waals surface area contributed by atoms with Gasteiger partial charge in [0.15, 0.2) is 6.23 Å². The number of likely N-dealkylation sites (N-methyl/N-ethyl adjacent to an activating group) is 1. The van der Waals surface area contributed by atoms with Gasteiger partial charge in [0, 0.05) is 12.1 Å². The molecule has 2 N–H and O–H groups in total. The molecule has 0 aliphatic heterocycles. The number of nitrogens with one attached hydrogen (secondary N) is 1. The van der Waals surface area contributed by atoms with Crippen LogP contribution in [0.25, 0.3) is 0 Å². The number of nitrogens with zero attached hydrogens (tertiary/aromatic N) is 1. The van der Waals surface area contributed by atoms with Crippen molar-refractivity contribution in [2.24, 2.45) is 0 Å². The molecule has 0 aromatic heterocycles. The summed E-state index contributed by atoms with van der Waals surface area (Å²) < 4.78 is 0.936. The summed E-state index contributed by atoms with van der Waals surface area (Å²) in [7, 11) is 0. The maximum atomic E-state index is 10.7. The summed E-state index contributed by atoms with van der Waals surface area (Å²) in [6, 6.07) is 16.9. The quantitative estimate of drug-likeness (QED) is 0.485. The molecule has 0 amide bonds. The topological polar surface area (TPSA) is 32.3 Å². The van der Waals surface area contributed by atoms with Crippen LogP contribution in [0.3, 0.4) is 0 Å². The summed E-state index contributed by atoms with van der Waals surface area (Å²) in [6.07, 6.45) is 1.70. The number of quaternary nitrogens is 1. The number of hydrogen-bond donors (Lipinski definition) is 2. The van der Waals surface area contributed by atoms with E-state index in [1.54, 1.807) is 0 Å². The summed E-state index contributed by atoms with van der Waals surface area (Å²) in [5, 5.41) is 14.1. The van der Waals surface area contributed by atoms with E-state index in [1.165, 1.54) is 16.7 Å². The molecule has 1 atom stereocenters. The Balaban J connectivity index is 1.96. The van der Waals surface area contributed by atoms with Crippen molar-refractivity contribution in [3.05, 3.63) is 65.2 Å². The van der Waals surface area contributed by atoms with Gasteiger partial charge in [0.25, 0.3) is 0 Å². The molecule has 0 saturated carbocycles. The van der Waals surface area contributed by atoms with Crippen LogP contribution < -0.4 is 5.32 Å². The number of aryl methyl sites for hydroxylation is 3. The van der Waals surface area contributed by atoms with Crippen LogP contribution in [0.15, 0.2) is 48.5 Å². The van der Waals surface area contributed by atoms with Gasteiger partial charge in [0.05, 0.1) is 19.6 Å². The number of para-hydroxylation sites is 1. The number of aliphatic hydroxyl groups is 1. The smallest absolute Gasteiger partial charge is 0.174 e. The van der Waals surface area contributed by atoms with Crippen LogP contribution >= 0.6 is 0 Å². The lowest BCUT2D eigenvalue weighted by Gasteiger charge is -2.39. The standard InChI is InChI=1S/C23H35N2O/c1-5-25(6-2,17-11-16-21-14-8-7-9-15-21)18-22(26)24-23-19(3)12-10-13-20(23)4/h7-10,12-15,22,24,26H,5-6,11,16-18H2,1-4H3/q+1. The van der Waals surface area contributed by atoms with E-state index in [0.717, 1.165) is 49.2 Å². The fourth-order valence-electron chi connectivity index (χ4n) is 3.77. The third-order valence-corrected chi connectivity index (χ3v) is 5.63. The van der Waals surface area contributed by atoms with Crippen LogP contribution in [0.1, 0.15) is 37.0 Å². The van der Waals surface area contributed by atoms with Crippen molar-refractivity contribution in [2.75, 3.05) is 31.5 Å². The van der Waals surface area contributed by atoms with Crippen molar-refractivity contribution in [2.45, 2.75) is 46.8 Å². The number of hydrogen-bond acceptors (Lipinski definition) is 2. The molecule has 0 bridgehead atoms. The Morgan fingerprint density at radius 2 is 1.54 bits per heavy atom. The molecule has 2 aromatic rings. The summed E-state index contributed by atoms with van der Waals surface area (Å²) in [4.78, 5) is 0. The van der Waals surface area contributed by atoms with Gasteiger partial charge in [0.2, 0.25) is 0 Å². The lowest BCUT2D eigenvalue weighted by Crippen LogP contribution is -2.54. The lowest BCUT2D eigenvalue weighted by molar-refractivity contribution is -0.927. The zero-order valence-electron chi connectivity index (χ0n) is 16.8. The van der Waals surface area contributed by atoms with Crippen molar-refractivity contribution in [1.29, 1.82) is 0 Å². The Kier molecular flexibility index (Phi) is 7.67. The lowest BCUT2D eigenvalue weighted by atomic mass is 10.1. The van der Waals surface area contributed by atoms with E-state index >= 15 is 0 Å². The minimum absolute atomic E-state index is 0.536. The summed E-state index contributed by atoms with van der Waals surface area (Å²) >= 11 is 0. The molecule has 0 saturated heterocycles. The van der Waals surface area contributed by atoms with E-state index in [9.17, 15) is 5.11 Å². The SMILES string of the molecule is CC[N+](CC)(CCCc1ccccc1)CC(O)Nc1c(C)cccc1C. The molecule has 0 radical (unpaired) electrons. The predicted octanol–water partition coefficient (Wildman–Crippen LogP) is 4.52. The van der Waals surface area contributed by atoms with Gasteiger partial charge in [-0.3, -0.25) is 0 Å². The molecular weight excluding hydrogens is 320 g/mol. The molecule has 0 aliphatic carbocycles. The normalized spacial score (nSPS) is 12.8. The van der Waals surface area contributed by atoms with E-state index in [0.29, 0.717) is 0 Å². The van der Waals surface area contributed by atoms with Crippen LogP contribution in [0.5, 0.6) is 0 Å². The molecule has 2 rings (SSSR count). The first kappa shape index (κ1) is 20.5. The van der Waals surface area contributed by atoms with Gasteiger partial charge in [-0.2, -0.15) is 0 Å². The highest BCUT2D eigenvalue weighted by Gasteiger charge is 2.27. The van der Waals surface area contributed by atoms with Crippen molar-refractivity contribution >= 4 is 5.69 Å². The van der Waals surface area contributed by atoms with Crippen LogP contribution in [0.4, 0.5) is 5.69 Å². The Bertz CT molecular complexity index is 645. The van der Waals surface area contributed by atoms with Gasteiger partial charge in [-0.05, 0) is 50.8 Å². The van der Waals surface area contributed by atoms with E-state index in [1.807, 2.05) is 0 Å². The summed E-state index contributed by atoms with van der Waals surface area (Å²) in [5.74, 6) is 0. The molecule has 0 fully saturated rings. The number of rotatable bonds is 10. The largest absolute Gasteiger partial charge is 0.368 e. The minimum atomic E-state index is -0.536. The van der Waals surface area contributed by atoms with Crippen molar-refractivity contribution in [3.8, 4) is 0 Å². The zero-order valence-corrected chi connectivity index (χ0v) is 16.8. The highest BCUT2D eigenvalue weighted by Crippen LogP contribution is 2.21. The molecule has 26 heavy (non-hydrogen) atoms. The Hall–Kier alpha value is -1.84. The van der Waals surface area contributed by atoms with Crippen molar-refractivity contribution in [3.63, 3.8) is 0 Å². The molecule has 2 aromatic carbocycles. The minimum Gasteiger partial charge on any atom is -0.368 e. The molecule has 1 unspecified atom stereocenters. The van der Waals surface area contributed by atoms with Crippen LogP contribution in [-0.2, 0) is 6.42 Å². The fourth-order valence-corrected chi connectivity index (χ4v) is 3.77. The first-order valence-corrected chi connectivity index (χ1v) is 9.89. The van der Waals surface area contributed by atoms with Gasteiger partial charge < -0.3 is 14.9 Å². The van der Waals surface area contributed by atoms with Crippen LogP contribution in [0.2, 0.25) is 0 Å². The summed E-state index contributed by atoms with van der Waals surface area (Å²) in [6.45, 7) is 12.5. The average molecular weight is 356 g/mol. The Labute approximate surface area is 159 Å². The highest BCUT2D eigenvalue weighted by molar-refractivity contribution is 5.56. The molecule has 0 spiro atoms. The van der Waals surface area contributed by atoms with Gasteiger partial charge >= 0.3 is 0 Å². The van der Waals surface area contributed by atoms with E-state index in [-0.39, 0.29) is 0 Å². The van der Waals surface area contributed by atoms with Crippen molar-refractivity contribution < 1.29 is 9.59 Å². The van der Waals surface area contributed by atoms with Gasteiger partial charge in [-0.25, -0.2) is 0 Å². The van der Waals surface area contributed by atoms with Gasteiger partial charge in [-0.15, -0.1) is 0 Å². The Morgan fingerprint density at radius 1 is 0.923 bits per heavy atom.